The van der Waals surface area contributed by atoms with Crippen molar-refractivity contribution in [1.29, 1.82) is 0 Å². The molecule has 0 aliphatic carbocycles. The van der Waals surface area contributed by atoms with Gasteiger partial charge in [0, 0.05) is 4.24 Å². The third-order valence-electron chi connectivity index (χ3n) is 2.29. The Balaban J connectivity index is 2.56. The Hall–Kier alpha value is 0.320. The second kappa shape index (κ2) is 7.04. The van der Waals surface area contributed by atoms with Gasteiger partial charge in [0.1, 0.15) is 12.2 Å². The topological polar surface area (TPSA) is 38.7 Å². The molecule has 1 rings (SSSR count). The molecule has 2 unspecified atom stereocenters. The molecule has 1 saturated heterocycles. The monoisotopic (exact) mass is 278 g/mol. The van der Waals surface area contributed by atoms with E-state index in [1.165, 1.54) is 0 Å². The van der Waals surface area contributed by atoms with Gasteiger partial charge in [-0.1, -0.05) is 13.8 Å². The molecular formula is C12H22O3S2. The molecule has 0 amide bonds. The van der Waals surface area contributed by atoms with Gasteiger partial charge in [0.2, 0.25) is 0 Å². The highest BCUT2D eigenvalue weighted by atomic mass is 32.2. The summed E-state index contributed by atoms with van der Waals surface area (Å²) in [5.74, 6) is 1.45. The molecule has 17 heavy (non-hydrogen) atoms. The summed E-state index contributed by atoms with van der Waals surface area (Å²) in [6.45, 7) is 8.40. The Morgan fingerprint density at radius 2 is 2.00 bits per heavy atom. The molecule has 0 bridgehead atoms. The van der Waals surface area contributed by atoms with Gasteiger partial charge in [-0.25, -0.2) is 0 Å². The van der Waals surface area contributed by atoms with Crippen LogP contribution in [0.15, 0.2) is 10.3 Å². The van der Waals surface area contributed by atoms with Crippen LogP contribution in [-0.2, 0) is 9.47 Å². The second-order valence-corrected chi connectivity index (χ2v) is 7.08. The SMILES string of the molecule is CCSC(=CC(O)C1COC(C)(C)O1)SCC. The van der Waals surface area contributed by atoms with Gasteiger partial charge >= 0.3 is 0 Å². The van der Waals surface area contributed by atoms with Gasteiger partial charge < -0.3 is 14.6 Å². The van der Waals surface area contributed by atoms with Crippen molar-refractivity contribution >= 4 is 23.5 Å². The van der Waals surface area contributed by atoms with Crippen LogP contribution in [0.2, 0.25) is 0 Å². The lowest BCUT2D eigenvalue weighted by Crippen LogP contribution is -2.29. The molecule has 0 aromatic heterocycles. The fourth-order valence-corrected chi connectivity index (χ4v) is 3.63. The number of thioether (sulfide) groups is 2. The van der Waals surface area contributed by atoms with Crippen LogP contribution in [0.5, 0.6) is 0 Å². The molecule has 5 heteroatoms. The van der Waals surface area contributed by atoms with E-state index in [4.69, 9.17) is 9.47 Å². The summed E-state index contributed by atoms with van der Waals surface area (Å²) in [6, 6.07) is 0. The summed E-state index contributed by atoms with van der Waals surface area (Å²) in [7, 11) is 0. The molecule has 1 fully saturated rings. The van der Waals surface area contributed by atoms with Crippen LogP contribution in [0, 0.1) is 0 Å². The minimum Gasteiger partial charge on any atom is -0.386 e. The number of aliphatic hydroxyl groups is 1. The third kappa shape index (κ3) is 5.22. The van der Waals surface area contributed by atoms with Crippen LogP contribution in [0.1, 0.15) is 27.7 Å². The molecule has 1 heterocycles. The van der Waals surface area contributed by atoms with Crippen LogP contribution in [0.3, 0.4) is 0 Å². The second-order valence-electron chi connectivity index (χ2n) is 4.21. The van der Waals surface area contributed by atoms with Crippen LogP contribution in [0.4, 0.5) is 0 Å². The van der Waals surface area contributed by atoms with Crippen LogP contribution >= 0.6 is 23.5 Å². The molecule has 3 nitrogen and oxygen atoms in total. The lowest BCUT2D eigenvalue weighted by Gasteiger charge is -2.19. The van der Waals surface area contributed by atoms with Gasteiger partial charge in [0.25, 0.3) is 0 Å². The van der Waals surface area contributed by atoms with Gasteiger partial charge in [-0.05, 0) is 31.4 Å². The first-order chi connectivity index (χ1) is 7.98. The minimum atomic E-state index is -0.593. The highest BCUT2D eigenvalue weighted by Crippen LogP contribution is 2.31. The van der Waals surface area contributed by atoms with Gasteiger partial charge in [0.05, 0.1) is 6.61 Å². The molecule has 0 saturated carbocycles. The van der Waals surface area contributed by atoms with E-state index in [9.17, 15) is 5.11 Å². The number of hydrogen-bond acceptors (Lipinski definition) is 5. The Morgan fingerprint density at radius 3 is 2.41 bits per heavy atom. The van der Waals surface area contributed by atoms with E-state index in [2.05, 4.69) is 13.8 Å². The van der Waals surface area contributed by atoms with E-state index in [1.807, 2.05) is 19.9 Å². The number of rotatable bonds is 6. The molecule has 0 radical (unpaired) electrons. The lowest BCUT2D eigenvalue weighted by molar-refractivity contribution is -0.147. The Labute approximate surface area is 112 Å². The number of ether oxygens (including phenoxy) is 2. The molecule has 100 valence electrons. The summed E-state index contributed by atoms with van der Waals surface area (Å²) in [4.78, 5) is 0. The Bertz CT molecular complexity index is 258. The molecule has 2 atom stereocenters. The van der Waals surface area contributed by atoms with E-state index in [0.717, 1.165) is 15.7 Å². The summed E-state index contributed by atoms with van der Waals surface area (Å²) in [5.41, 5.74) is 0. The van der Waals surface area contributed by atoms with E-state index >= 15 is 0 Å². The van der Waals surface area contributed by atoms with Crippen LogP contribution in [0.25, 0.3) is 0 Å². The maximum absolute atomic E-state index is 10.1. The molecule has 0 spiro atoms. The average molecular weight is 278 g/mol. The van der Waals surface area contributed by atoms with Crippen molar-refractivity contribution < 1.29 is 14.6 Å². The van der Waals surface area contributed by atoms with Crippen molar-refractivity contribution in [1.82, 2.24) is 0 Å². The van der Waals surface area contributed by atoms with Gasteiger partial charge in [-0.15, -0.1) is 23.5 Å². The zero-order valence-corrected chi connectivity index (χ0v) is 12.6. The molecule has 0 aromatic rings. The van der Waals surface area contributed by atoms with Crippen LogP contribution < -0.4 is 0 Å². The van der Waals surface area contributed by atoms with Crippen molar-refractivity contribution in [3.05, 3.63) is 10.3 Å². The van der Waals surface area contributed by atoms with Crippen molar-refractivity contribution in [2.75, 3.05) is 18.1 Å². The zero-order valence-electron chi connectivity index (χ0n) is 10.9. The van der Waals surface area contributed by atoms with Gasteiger partial charge in [-0.3, -0.25) is 0 Å². The Morgan fingerprint density at radius 1 is 1.41 bits per heavy atom. The summed E-state index contributed by atoms with van der Waals surface area (Å²) >= 11 is 3.51. The number of aliphatic hydroxyl groups excluding tert-OH is 1. The Kier molecular flexibility index (Phi) is 6.37. The normalized spacial score (nSPS) is 24.6. The molecule has 1 aliphatic rings. The summed E-state index contributed by atoms with van der Waals surface area (Å²) < 4.78 is 12.2. The van der Waals surface area contributed by atoms with E-state index in [-0.39, 0.29) is 6.10 Å². The fraction of sp³-hybridized carbons (Fsp3) is 0.833. The highest BCUT2D eigenvalue weighted by molar-refractivity contribution is 8.22. The number of hydrogen-bond donors (Lipinski definition) is 1. The van der Waals surface area contributed by atoms with Gasteiger partial charge in [-0.2, -0.15) is 0 Å². The standard InChI is InChI=1S/C12H22O3S2/c1-5-16-11(17-6-2)7-9(13)10-8-14-12(3,4)15-10/h7,9-10,13H,5-6,8H2,1-4H3. The first-order valence-electron chi connectivity index (χ1n) is 5.95. The molecule has 0 aromatic carbocycles. The van der Waals surface area contributed by atoms with Gasteiger partial charge in [0.15, 0.2) is 5.79 Å². The van der Waals surface area contributed by atoms with Crippen molar-refractivity contribution in [3.63, 3.8) is 0 Å². The van der Waals surface area contributed by atoms with E-state index in [1.54, 1.807) is 23.5 Å². The summed E-state index contributed by atoms with van der Waals surface area (Å²) in [6.07, 6.45) is 1.04. The van der Waals surface area contributed by atoms with Crippen molar-refractivity contribution in [2.24, 2.45) is 0 Å². The lowest BCUT2D eigenvalue weighted by atomic mass is 10.2. The zero-order chi connectivity index (χ0) is 12.9. The minimum absolute atomic E-state index is 0.255. The van der Waals surface area contributed by atoms with Crippen molar-refractivity contribution in [2.45, 2.75) is 45.7 Å². The highest BCUT2D eigenvalue weighted by Gasteiger charge is 2.36. The maximum Gasteiger partial charge on any atom is 0.163 e. The smallest absolute Gasteiger partial charge is 0.163 e. The first-order valence-corrected chi connectivity index (χ1v) is 7.93. The fourth-order valence-electron chi connectivity index (χ4n) is 1.55. The molecule has 1 aliphatic heterocycles. The summed E-state index contributed by atoms with van der Waals surface area (Å²) in [5, 5.41) is 10.1. The first kappa shape index (κ1) is 15.4. The third-order valence-corrected chi connectivity index (χ3v) is 4.42. The maximum atomic E-state index is 10.1. The van der Waals surface area contributed by atoms with E-state index < -0.39 is 11.9 Å². The van der Waals surface area contributed by atoms with Crippen LogP contribution in [-0.4, -0.2) is 41.2 Å². The average Bonchev–Trinajstić information content (AvgIpc) is 2.59. The molecular weight excluding hydrogens is 256 g/mol. The quantitative estimate of drug-likeness (QED) is 0.809. The molecule has 1 N–H and O–H groups in total. The predicted octanol–water partition coefficient (Wildman–Crippen LogP) is 2.85. The van der Waals surface area contributed by atoms with E-state index in [0.29, 0.717) is 6.61 Å². The largest absolute Gasteiger partial charge is 0.386 e. The predicted molar refractivity (Wildman–Crippen MR) is 75.3 cm³/mol. The van der Waals surface area contributed by atoms with Crippen molar-refractivity contribution in [3.8, 4) is 0 Å².